The van der Waals surface area contributed by atoms with E-state index in [4.69, 9.17) is 0 Å². The summed E-state index contributed by atoms with van der Waals surface area (Å²) in [5.74, 6) is 0. The van der Waals surface area contributed by atoms with Crippen molar-refractivity contribution < 1.29 is 0 Å². The van der Waals surface area contributed by atoms with Crippen LogP contribution in [0.3, 0.4) is 0 Å². The van der Waals surface area contributed by atoms with Crippen LogP contribution >= 0.6 is 46.9 Å². The maximum absolute atomic E-state index is 4.43. The van der Waals surface area contributed by atoms with Gasteiger partial charge < -0.3 is 0 Å². The van der Waals surface area contributed by atoms with Crippen LogP contribution in [0.1, 0.15) is 11.1 Å². The normalized spacial score (nSPS) is 11.8. The van der Waals surface area contributed by atoms with E-state index >= 15 is 0 Å². The van der Waals surface area contributed by atoms with E-state index in [0.29, 0.717) is 0 Å². The largest absolute Gasteiger partial charge is 0.173 e. The van der Waals surface area contributed by atoms with Gasteiger partial charge in [0.2, 0.25) is 0 Å². The zero-order chi connectivity index (χ0) is 22.8. The molecule has 0 N–H and O–H groups in total. The third-order valence-electron chi connectivity index (χ3n) is 5.89. The number of nitrogens with zero attached hydrogens (tertiary/aromatic N) is 8. The number of fused-ring (bicyclic) bond motifs is 10. The minimum absolute atomic E-state index is 0.944. The second kappa shape index (κ2) is 7.60. The second-order valence-electron chi connectivity index (χ2n) is 7.90. The molecule has 0 spiro atoms. The van der Waals surface area contributed by atoms with Crippen LogP contribution in [-0.2, 0) is 0 Å². The smallest absolute Gasteiger partial charge is 0.112 e. The van der Waals surface area contributed by atoms with Crippen molar-refractivity contribution in [2.45, 2.75) is 13.8 Å². The highest BCUT2D eigenvalue weighted by Crippen LogP contribution is 2.33. The zero-order valence-corrected chi connectivity index (χ0v) is 20.9. The van der Waals surface area contributed by atoms with Crippen molar-refractivity contribution in [3.8, 4) is 0 Å². The average molecular weight is 517 g/mol. The molecule has 12 heteroatoms. The summed E-state index contributed by atoms with van der Waals surface area (Å²) in [6.07, 6.45) is 0. The van der Waals surface area contributed by atoms with Crippen molar-refractivity contribution in [1.29, 1.82) is 0 Å². The summed E-state index contributed by atoms with van der Waals surface area (Å²) >= 11 is 5.01. The van der Waals surface area contributed by atoms with E-state index in [1.807, 2.05) is 24.3 Å². The lowest BCUT2D eigenvalue weighted by Gasteiger charge is -2.03. The molecule has 4 aromatic heterocycles. The van der Waals surface area contributed by atoms with Crippen molar-refractivity contribution in [3.05, 3.63) is 47.5 Å². The van der Waals surface area contributed by atoms with Gasteiger partial charge in [0.1, 0.15) is 44.1 Å². The lowest BCUT2D eigenvalue weighted by molar-refractivity contribution is 1.48. The molecule has 0 saturated heterocycles. The van der Waals surface area contributed by atoms with Gasteiger partial charge in [0.05, 0.1) is 46.9 Å². The minimum Gasteiger partial charge on any atom is -0.173 e. The highest BCUT2D eigenvalue weighted by molar-refractivity contribution is 7.01. The summed E-state index contributed by atoms with van der Waals surface area (Å²) in [7, 11) is 0. The highest BCUT2D eigenvalue weighted by Gasteiger charge is 2.14. The van der Waals surface area contributed by atoms with Crippen LogP contribution < -0.4 is 0 Å². The number of aromatic nitrogens is 8. The van der Waals surface area contributed by atoms with Gasteiger partial charge in [-0.15, -0.1) is 0 Å². The Labute approximate surface area is 208 Å². The predicted molar refractivity (Wildman–Crippen MR) is 141 cm³/mol. The first kappa shape index (κ1) is 20.1. The van der Waals surface area contributed by atoms with Crippen molar-refractivity contribution in [2.75, 3.05) is 0 Å². The van der Waals surface area contributed by atoms with Gasteiger partial charge in [-0.2, -0.15) is 35.0 Å². The lowest BCUT2D eigenvalue weighted by Crippen LogP contribution is -1.86. The van der Waals surface area contributed by atoms with Crippen LogP contribution in [0.25, 0.3) is 65.7 Å². The van der Waals surface area contributed by atoms with E-state index in [2.05, 4.69) is 61.0 Å². The maximum Gasteiger partial charge on any atom is 0.112 e. The maximum atomic E-state index is 4.43. The molecule has 0 fully saturated rings. The Morgan fingerprint density at radius 1 is 0.412 bits per heavy atom. The van der Waals surface area contributed by atoms with E-state index in [0.717, 1.165) is 76.8 Å². The fraction of sp³-hybridized carbons (Fsp3) is 0.0909. The Bertz CT molecular complexity index is 1870. The van der Waals surface area contributed by atoms with Crippen molar-refractivity contribution in [1.82, 2.24) is 35.0 Å². The Kier molecular flexibility index (Phi) is 4.49. The fourth-order valence-electron chi connectivity index (χ4n) is 4.27. The molecule has 4 aromatic carbocycles. The third kappa shape index (κ3) is 2.92. The van der Waals surface area contributed by atoms with Gasteiger partial charge in [0, 0.05) is 21.5 Å². The first-order valence-corrected chi connectivity index (χ1v) is 13.1. The molecule has 0 aliphatic heterocycles. The van der Waals surface area contributed by atoms with Crippen LogP contribution in [0.2, 0.25) is 0 Å². The minimum atomic E-state index is 0.944. The Morgan fingerprint density at radius 3 is 1.26 bits per heavy atom. The van der Waals surface area contributed by atoms with E-state index in [1.165, 1.54) is 46.9 Å². The molecule has 0 amide bonds. The van der Waals surface area contributed by atoms with Crippen LogP contribution in [0, 0.1) is 13.8 Å². The standard InChI is InChI=1S/C12H8N4S2.C10H4N4S2/c1-5-3-7-8(11-9(5)13-17-15-11)4-6(2)10-12(7)16-18-14-10;1-3-7-10(14-15-11-7)6-2-4-8-9(5(1)6)13-16-12-8/h3-4H,1-2H3;1-4H. The number of aryl methyl sites for hydroxylation is 2. The molecule has 8 rings (SSSR count). The molecule has 164 valence electrons. The molecule has 8 aromatic rings. The van der Waals surface area contributed by atoms with Gasteiger partial charge >= 0.3 is 0 Å². The molecule has 4 heterocycles. The Balaban J connectivity index is 0.000000118. The average Bonchev–Trinajstić information content (AvgIpc) is 3.66. The molecule has 0 aliphatic rings. The first-order chi connectivity index (χ1) is 16.7. The predicted octanol–water partition coefficient (Wildman–Crippen LogP) is 6.32. The van der Waals surface area contributed by atoms with Crippen molar-refractivity contribution >= 4 is 113 Å². The summed E-state index contributed by atoms with van der Waals surface area (Å²) in [5, 5.41) is 4.46. The van der Waals surface area contributed by atoms with E-state index in [-0.39, 0.29) is 0 Å². The van der Waals surface area contributed by atoms with Crippen molar-refractivity contribution in [3.63, 3.8) is 0 Å². The molecule has 0 bridgehead atoms. The van der Waals surface area contributed by atoms with Gasteiger partial charge in [0.15, 0.2) is 0 Å². The van der Waals surface area contributed by atoms with E-state index < -0.39 is 0 Å². The lowest BCUT2D eigenvalue weighted by atomic mass is 10.0. The SMILES string of the molecule is Cc1cc2c(cc(C)c3nsnc32)c2nsnc12.c1cc2c(ccc3nsnc32)c2nsnc12. The van der Waals surface area contributed by atoms with Gasteiger partial charge in [0.25, 0.3) is 0 Å². The van der Waals surface area contributed by atoms with Gasteiger partial charge in [-0.05, 0) is 61.4 Å². The van der Waals surface area contributed by atoms with Crippen LogP contribution in [-0.4, -0.2) is 35.0 Å². The molecule has 0 unspecified atom stereocenters. The van der Waals surface area contributed by atoms with E-state index in [1.54, 1.807) is 0 Å². The number of rotatable bonds is 0. The summed E-state index contributed by atoms with van der Waals surface area (Å²) in [5.41, 5.74) is 10.0. The first-order valence-electron chi connectivity index (χ1n) is 10.2. The van der Waals surface area contributed by atoms with Crippen LogP contribution in [0.4, 0.5) is 0 Å². The van der Waals surface area contributed by atoms with Gasteiger partial charge in [-0.3, -0.25) is 0 Å². The summed E-state index contributed by atoms with van der Waals surface area (Å²) < 4.78 is 34.7. The second-order valence-corrected chi connectivity index (χ2v) is 10.0. The summed E-state index contributed by atoms with van der Waals surface area (Å²) in [6.45, 7) is 4.13. The van der Waals surface area contributed by atoms with Crippen LogP contribution in [0.5, 0.6) is 0 Å². The zero-order valence-electron chi connectivity index (χ0n) is 17.7. The molecule has 0 radical (unpaired) electrons. The monoisotopic (exact) mass is 516 g/mol. The number of hydrogen-bond acceptors (Lipinski definition) is 12. The third-order valence-corrected chi connectivity index (χ3v) is 8.03. The summed E-state index contributed by atoms with van der Waals surface area (Å²) in [6, 6.07) is 12.3. The molecular weight excluding hydrogens is 505 g/mol. The molecule has 0 atom stereocenters. The molecule has 34 heavy (non-hydrogen) atoms. The molecule has 8 nitrogen and oxygen atoms in total. The molecular formula is C22H12N8S4. The van der Waals surface area contributed by atoms with Gasteiger partial charge in [-0.1, -0.05) is 0 Å². The highest BCUT2D eigenvalue weighted by atomic mass is 32.1. The number of benzene rings is 4. The van der Waals surface area contributed by atoms with E-state index in [9.17, 15) is 0 Å². The quantitative estimate of drug-likeness (QED) is 0.231. The number of hydrogen-bond donors (Lipinski definition) is 0. The molecule has 0 aliphatic carbocycles. The van der Waals surface area contributed by atoms with Gasteiger partial charge in [-0.25, -0.2) is 0 Å². The topological polar surface area (TPSA) is 103 Å². The Morgan fingerprint density at radius 2 is 0.794 bits per heavy atom. The summed E-state index contributed by atoms with van der Waals surface area (Å²) in [4.78, 5) is 0. The van der Waals surface area contributed by atoms with Crippen molar-refractivity contribution in [2.24, 2.45) is 0 Å². The molecule has 0 saturated carbocycles. The fourth-order valence-corrected chi connectivity index (χ4v) is 6.60. The Hall–Kier alpha value is -3.32. The van der Waals surface area contributed by atoms with Crippen LogP contribution in [0.15, 0.2) is 36.4 Å².